The van der Waals surface area contributed by atoms with Crippen LogP contribution in [0.4, 0.5) is 0 Å². The minimum atomic E-state index is -0.110. The minimum Gasteiger partial charge on any atom is -0.314 e. The molecular formula is C41H60N4P2. The molecule has 2 saturated heterocycles. The van der Waals surface area contributed by atoms with Crippen LogP contribution >= 0.6 is 17.2 Å². The van der Waals surface area contributed by atoms with Crippen LogP contribution < -0.4 is 21.3 Å². The van der Waals surface area contributed by atoms with Crippen molar-refractivity contribution in [2.24, 2.45) is 35.5 Å². The average Bonchev–Trinajstić information content (AvgIpc) is 3.51. The van der Waals surface area contributed by atoms with E-state index in [1.165, 1.54) is 17.3 Å². The number of allylic oxidation sites excluding steroid dienone is 9. The monoisotopic (exact) mass is 670 g/mol. The second-order valence-electron chi connectivity index (χ2n) is 18.4. The summed E-state index contributed by atoms with van der Waals surface area (Å²) in [7, 11) is 3.45. The molecule has 0 amide bonds. The maximum absolute atomic E-state index is 4.06. The van der Waals surface area contributed by atoms with Gasteiger partial charge in [-0.2, -0.15) is 0 Å². The van der Waals surface area contributed by atoms with Gasteiger partial charge < -0.3 is 21.3 Å². The molecule has 8 bridgehead atoms. The van der Waals surface area contributed by atoms with Gasteiger partial charge in [-0.3, -0.25) is 0 Å². The highest BCUT2D eigenvalue weighted by molar-refractivity contribution is 7.61. The Balaban J connectivity index is 1.10. The zero-order valence-corrected chi connectivity index (χ0v) is 30.8. The number of nitrogens with one attached hydrogen (secondary N) is 4. The van der Waals surface area contributed by atoms with Crippen molar-refractivity contribution in [1.29, 1.82) is 0 Å². The van der Waals surface area contributed by atoms with Crippen LogP contribution in [0.5, 0.6) is 0 Å². The van der Waals surface area contributed by atoms with E-state index in [-0.39, 0.29) is 13.1 Å². The van der Waals surface area contributed by atoms with Gasteiger partial charge in [0.1, 0.15) is 0 Å². The molecule has 0 radical (unpaired) electrons. The molecule has 254 valence electrons. The van der Waals surface area contributed by atoms with Crippen LogP contribution in [-0.4, -0.2) is 73.0 Å². The number of rotatable bonds is 7. The molecule has 12 rings (SSSR count). The highest BCUT2D eigenvalue weighted by Crippen LogP contribution is 2.79. The maximum Gasteiger partial charge on any atom is 0.0429 e. The van der Waals surface area contributed by atoms with E-state index in [9.17, 15) is 0 Å². The van der Waals surface area contributed by atoms with Crippen LogP contribution in [0, 0.1) is 35.5 Å². The summed E-state index contributed by atoms with van der Waals surface area (Å²) >= 11 is 0. The Morgan fingerprint density at radius 1 is 0.681 bits per heavy atom. The Hall–Kier alpha value is -0.600. The number of hydrogen-bond acceptors (Lipinski definition) is 4. The molecule has 8 saturated carbocycles. The Morgan fingerprint density at radius 2 is 1.19 bits per heavy atom. The molecule has 10 aliphatic carbocycles. The molecule has 0 spiro atoms. The van der Waals surface area contributed by atoms with E-state index < -0.39 is 0 Å². The Bertz CT molecular complexity index is 1280. The molecule has 3 unspecified atom stereocenters. The second-order valence-corrected chi connectivity index (χ2v) is 22.4. The van der Waals surface area contributed by atoms with Crippen molar-refractivity contribution >= 4 is 17.2 Å². The lowest BCUT2D eigenvalue weighted by Crippen LogP contribution is -2.69. The second kappa shape index (κ2) is 12.0. The van der Waals surface area contributed by atoms with Gasteiger partial charge in [-0.25, -0.2) is 0 Å². The fourth-order valence-electron chi connectivity index (χ4n) is 14.4. The van der Waals surface area contributed by atoms with Gasteiger partial charge in [0.25, 0.3) is 0 Å². The average molecular weight is 671 g/mol. The van der Waals surface area contributed by atoms with E-state index in [2.05, 4.69) is 67.0 Å². The van der Waals surface area contributed by atoms with Crippen molar-refractivity contribution in [3.8, 4) is 0 Å². The van der Waals surface area contributed by atoms with Crippen LogP contribution in [-0.2, 0) is 0 Å². The third-order valence-electron chi connectivity index (χ3n) is 15.4. The Kier molecular flexibility index (Phi) is 7.95. The topological polar surface area (TPSA) is 48.1 Å². The fourth-order valence-corrected chi connectivity index (χ4v) is 20.3. The molecule has 4 nitrogen and oxygen atoms in total. The van der Waals surface area contributed by atoms with Crippen molar-refractivity contribution in [3.63, 3.8) is 0 Å². The van der Waals surface area contributed by atoms with Crippen LogP contribution in [0.1, 0.15) is 83.5 Å². The zero-order valence-electron chi connectivity index (χ0n) is 28.7. The van der Waals surface area contributed by atoms with E-state index in [0.717, 1.165) is 81.2 Å². The summed E-state index contributed by atoms with van der Waals surface area (Å²) in [6.07, 6.45) is 36.2. The normalized spacial score (nSPS) is 48.4. The standard InChI is InChI=1S/C41H60N4P2/c46-41(37-24-42-6-8-44-37,38-25-43-7-9-45-38)36-17-34(33-4-2-1-3-5-33)16-35(36)26-47(39-18-27-10-28(19-39)12-29(11-27)20-39)40-21-30-13-31(22-40)15-32(14-30)23-40/h1-4,16-17,27-32,37-38,42-45H,5-15,18-26,46H2. The predicted octanol–water partition coefficient (Wildman–Crippen LogP) is 6.82. The smallest absolute Gasteiger partial charge is 0.0429 e. The molecule has 0 aromatic heterocycles. The summed E-state index contributed by atoms with van der Waals surface area (Å²) in [5, 5.41) is 17.0. The summed E-state index contributed by atoms with van der Waals surface area (Å²) < 4.78 is 0. The molecular weight excluding hydrogens is 610 g/mol. The SMILES string of the molecule is PC(C1=CC(=C2C=CC=CC2)C=C1CP(C12CC3CC(CC(C3)C1)C2)C12CC3CC(CC(C3)C1)C2)(C1CNCCN1)C1CNCCN1. The van der Waals surface area contributed by atoms with Crippen molar-refractivity contribution in [3.05, 3.63) is 58.7 Å². The lowest BCUT2D eigenvalue weighted by atomic mass is 9.55. The molecule has 2 heterocycles. The first-order chi connectivity index (χ1) is 23.0. The molecule has 0 aromatic rings. The molecule has 47 heavy (non-hydrogen) atoms. The highest BCUT2D eigenvalue weighted by atomic mass is 31.1. The van der Waals surface area contributed by atoms with Gasteiger partial charge >= 0.3 is 0 Å². The highest BCUT2D eigenvalue weighted by Gasteiger charge is 2.63. The van der Waals surface area contributed by atoms with Crippen molar-refractivity contribution in [2.45, 2.75) is 111 Å². The minimum absolute atomic E-state index is 0.0624. The van der Waals surface area contributed by atoms with Gasteiger partial charge in [-0.15, -0.1) is 9.24 Å². The number of hydrogen-bond donors (Lipinski definition) is 4. The summed E-state index contributed by atoms with van der Waals surface area (Å²) in [6, 6.07) is 0.787. The van der Waals surface area contributed by atoms with Crippen LogP contribution in [0.3, 0.4) is 0 Å². The zero-order chi connectivity index (χ0) is 31.2. The van der Waals surface area contributed by atoms with Crippen LogP contribution in [0.25, 0.3) is 0 Å². The van der Waals surface area contributed by atoms with Crippen molar-refractivity contribution in [2.75, 3.05) is 45.4 Å². The van der Waals surface area contributed by atoms with Gasteiger partial charge in [0.2, 0.25) is 0 Å². The van der Waals surface area contributed by atoms with E-state index in [1.54, 1.807) is 88.2 Å². The molecule has 2 aliphatic heterocycles. The van der Waals surface area contributed by atoms with Gasteiger partial charge in [-0.1, -0.05) is 44.4 Å². The lowest BCUT2D eigenvalue weighted by molar-refractivity contribution is 0.0187. The van der Waals surface area contributed by atoms with Crippen LogP contribution in [0.15, 0.2) is 58.7 Å². The third kappa shape index (κ3) is 5.27. The first kappa shape index (κ1) is 31.2. The molecule has 3 atom stereocenters. The van der Waals surface area contributed by atoms with E-state index in [0.29, 0.717) is 22.4 Å². The third-order valence-corrected chi connectivity index (χ3v) is 20.6. The van der Waals surface area contributed by atoms with E-state index in [1.807, 2.05) is 0 Å². The summed E-state index contributed by atoms with van der Waals surface area (Å²) in [5.41, 5.74) is 6.45. The Labute approximate surface area is 288 Å². The van der Waals surface area contributed by atoms with E-state index >= 15 is 0 Å². The summed E-state index contributed by atoms with van der Waals surface area (Å²) in [4.78, 5) is 0. The van der Waals surface area contributed by atoms with Gasteiger partial charge in [-0.05, 0) is 158 Å². The fraction of sp³-hybridized carbons (Fsp3) is 0.756. The van der Waals surface area contributed by atoms with Crippen molar-refractivity contribution in [1.82, 2.24) is 21.3 Å². The van der Waals surface area contributed by atoms with Crippen LogP contribution in [0.2, 0.25) is 0 Å². The predicted molar refractivity (Wildman–Crippen MR) is 201 cm³/mol. The first-order valence-electron chi connectivity index (χ1n) is 19.9. The molecule has 12 aliphatic rings. The van der Waals surface area contributed by atoms with Gasteiger partial charge in [0.15, 0.2) is 0 Å². The number of piperazine rings is 2. The quantitative estimate of drug-likeness (QED) is 0.225. The lowest BCUT2D eigenvalue weighted by Gasteiger charge is -2.68. The van der Waals surface area contributed by atoms with Gasteiger partial charge in [0, 0.05) is 56.5 Å². The summed E-state index contributed by atoms with van der Waals surface area (Å²) in [5.74, 6) is 6.25. The largest absolute Gasteiger partial charge is 0.314 e. The molecule has 0 aromatic carbocycles. The maximum atomic E-state index is 4.06. The van der Waals surface area contributed by atoms with E-state index in [4.69, 9.17) is 0 Å². The molecule has 10 fully saturated rings. The first-order valence-corrected chi connectivity index (χ1v) is 22.0. The Morgan fingerprint density at radius 3 is 1.62 bits per heavy atom. The molecule has 6 heteroatoms. The summed E-state index contributed by atoms with van der Waals surface area (Å²) in [6.45, 7) is 6.35. The van der Waals surface area contributed by atoms with Crippen molar-refractivity contribution < 1.29 is 0 Å². The molecule has 4 N–H and O–H groups in total. The van der Waals surface area contributed by atoms with Gasteiger partial charge in [0.05, 0.1) is 0 Å².